The molecule has 3 nitrogen and oxygen atoms in total. The van der Waals surface area contributed by atoms with Crippen LogP contribution < -0.4 is 0 Å². The van der Waals surface area contributed by atoms with Gasteiger partial charge in [-0.1, -0.05) is 24.0 Å². The number of benzene rings is 1. The van der Waals surface area contributed by atoms with Crippen molar-refractivity contribution in [2.45, 2.75) is 24.7 Å². The van der Waals surface area contributed by atoms with Crippen LogP contribution in [0.3, 0.4) is 0 Å². The van der Waals surface area contributed by atoms with E-state index in [-0.39, 0.29) is 11.8 Å². The summed E-state index contributed by atoms with van der Waals surface area (Å²) in [5.41, 5.74) is 1.44. The van der Waals surface area contributed by atoms with Crippen LogP contribution in [0.2, 0.25) is 0 Å². The molecule has 0 aromatic heterocycles. The van der Waals surface area contributed by atoms with Crippen LogP contribution in [0.5, 0.6) is 0 Å². The van der Waals surface area contributed by atoms with Gasteiger partial charge in [-0.3, -0.25) is 4.79 Å². The third kappa shape index (κ3) is 2.46. The molecule has 0 aliphatic heterocycles. The smallest absolute Gasteiger partial charge is 0.315 e. The molecule has 0 amide bonds. The molecule has 3 heteroatoms. The number of nitriles is 1. The largest absolute Gasteiger partial charge is 0.481 e. The fourth-order valence-electron chi connectivity index (χ4n) is 1.71. The van der Waals surface area contributed by atoms with Gasteiger partial charge in [-0.25, -0.2) is 0 Å². The molecule has 1 aliphatic rings. The minimum atomic E-state index is -0.927. The summed E-state index contributed by atoms with van der Waals surface area (Å²) < 4.78 is 0. The maximum absolute atomic E-state index is 10.3. The van der Waals surface area contributed by atoms with Crippen molar-refractivity contribution in [1.29, 1.82) is 5.26 Å². The van der Waals surface area contributed by atoms with Gasteiger partial charge >= 0.3 is 5.97 Å². The van der Waals surface area contributed by atoms with Crippen molar-refractivity contribution in [3.05, 3.63) is 35.4 Å². The van der Waals surface area contributed by atoms with Crippen LogP contribution in [-0.2, 0) is 10.2 Å². The minimum Gasteiger partial charge on any atom is -0.481 e. The Balaban J connectivity index is 2.20. The number of carboxylic acids is 1. The first-order valence-electron chi connectivity index (χ1n) is 5.39. The molecule has 1 aromatic rings. The van der Waals surface area contributed by atoms with E-state index in [0.717, 1.165) is 24.0 Å². The molecule has 1 N–H and O–H groups in total. The molecule has 0 unspecified atom stereocenters. The molecule has 0 bridgehead atoms. The average molecular weight is 225 g/mol. The summed E-state index contributed by atoms with van der Waals surface area (Å²) in [6.07, 6.45) is 1.64. The predicted molar refractivity (Wildman–Crippen MR) is 62.1 cm³/mol. The van der Waals surface area contributed by atoms with Crippen LogP contribution in [0.4, 0.5) is 0 Å². The molecule has 84 valence electrons. The van der Waals surface area contributed by atoms with Crippen LogP contribution in [0.15, 0.2) is 24.3 Å². The van der Waals surface area contributed by atoms with E-state index >= 15 is 0 Å². The zero-order valence-corrected chi connectivity index (χ0v) is 9.23. The van der Waals surface area contributed by atoms with Gasteiger partial charge in [0.15, 0.2) is 0 Å². The van der Waals surface area contributed by atoms with Crippen molar-refractivity contribution in [2.24, 2.45) is 0 Å². The Bertz CT molecular complexity index is 554. The molecule has 2 rings (SSSR count). The predicted octanol–water partition coefficient (Wildman–Crippen LogP) is 2.07. The topological polar surface area (TPSA) is 61.1 Å². The zero-order chi connectivity index (χ0) is 12.3. The zero-order valence-electron chi connectivity index (χ0n) is 9.23. The molecular formula is C14H11NO2. The van der Waals surface area contributed by atoms with Crippen molar-refractivity contribution in [1.82, 2.24) is 0 Å². The van der Waals surface area contributed by atoms with Gasteiger partial charge in [-0.2, -0.15) is 5.26 Å². The van der Waals surface area contributed by atoms with Gasteiger partial charge in [0, 0.05) is 5.56 Å². The first-order valence-corrected chi connectivity index (χ1v) is 5.39. The van der Waals surface area contributed by atoms with E-state index in [4.69, 9.17) is 10.4 Å². The van der Waals surface area contributed by atoms with E-state index in [9.17, 15) is 4.79 Å². The summed E-state index contributed by atoms with van der Waals surface area (Å²) >= 11 is 0. The van der Waals surface area contributed by atoms with Crippen LogP contribution in [-0.4, -0.2) is 11.1 Å². The summed E-state index contributed by atoms with van der Waals surface area (Å²) in [6.45, 7) is 0. The van der Waals surface area contributed by atoms with Gasteiger partial charge in [0.2, 0.25) is 0 Å². The van der Waals surface area contributed by atoms with Crippen LogP contribution in [0.25, 0.3) is 0 Å². The number of hydrogen-bond donors (Lipinski definition) is 1. The number of hydrogen-bond acceptors (Lipinski definition) is 2. The van der Waals surface area contributed by atoms with Crippen molar-refractivity contribution in [3.63, 3.8) is 0 Å². The Hall–Kier alpha value is -2.26. The van der Waals surface area contributed by atoms with Gasteiger partial charge in [0.1, 0.15) is 6.42 Å². The molecule has 0 saturated heterocycles. The van der Waals surface area contributed by atoms with E-state index in [1.807, 2.05) is 24.3 Å². The Kier molecular flexibility index (Phi) is 2.85. The quantitative estimate of drug-likeness (QED) is 0.784. The van der Waals surface area contributed by atoms with Gasteiger partial charge in [0.05, 0.1) is 11.5 Å². The SMILES string of the molecule is N#CC1(c2cccc(C#CCC(=O)O)c2)CC1. The summed E-state index contributed by atoms with van der Waals surface area (Å²) in [7, 11) is 0. The van der Waals surface area contributed by atoms with E-state index < -0.39 is 5.97 Å². The highest BCUT2D eigenvalue weighted by atomic mass is 16.4. The van der Waals surface area contributed by atoms with Gasteiger partial charge in [-0.05, 0) is 30.5 Å². The molecule has 0 atom stereocenters. The van der Waals surface area contributed by atoms with Crippen molar-refractivity contribution in [2.75, 3.05) is 0 Å². The lowest BCUT2D eigenvalue weighted by atomic mass is 9.96. The third-order valence-electron chi connectivity index (χ3n) is 2.85. The van der Waals surface area contributed by atoms with Crippen molar-refractivity contribution >= 4 is 5.97 Å². The lowest BCUT2D eigenvalue weighted by molar-refractivity contribution is -0.135. The highest BCUT2D eigenvalue weighted by molar-refractivity contribution is 5.70. The molecule has 0 heterocycles. The van der Waals surface area contributed by atoms with Crippen molar-refractivity contribution < 1.29 is 9.90 Å². The Morgan fingerprint density at radius 2 is 2.24 bits per heavy atom. The molecule has 1 aromatic carbocycles. The number of rotatable bonds is 2. The molecule has 1 saturated carbocycles. The summed E-state index contributed by atoms with van der Waals surface area (Å²) in [4.78, 5) is 10.3. The fraction of sp³-hybridized carbons (Fsp3) is 0.286. The van der Waals surface area contributed by atoms with E-state index in [1.165, 1.54) is 0 Å². The minimum absolute atomic E-state index is 0.159. The monoisotopic (exact) mass is 225 g/mol. The summed E-state index contributed by atoms with van der Waals surface area (Å²) in [6, 6.07) is 9.82. The normalized spacial score (nSPS) is 15.2. The van der Waals surface area contributed by atoms with Crippen LogP contribution >= 0.6 is 0 Å². The van der Waals surface area contributed by atoms with E-state index in [0.29, 0.717) is 0 Å². The lowest BCUT2D eigenvalue weighted by Crippen LogP contribution is -2.02. The maximum Gasteiger partial charge on any atom is 0.315 e. The number of nitrogens with zero attached hydrogens (tertiary/aromatic N) is 1. The van der Waals surface area contributed by atoms with Gasteiger partial charge in [-0.15, -0.1) is 0 Å². The standard InChI is InChI=1S/C14H11NO2/c15-10-14(7-8-14)12-5-1-3-11(9-12)4-2-6-13(16)17/h1,3,5,9H,6-8H2,(H,16,17). The Morgan fingerprint density at radius 1 is 1.47 bits per heavy atom. The fourth-order valence-corrected chi connectivity index (χ4v) is 1.71. The number of carboxylic acid groups (broad SMARTS) is 1. The molecule has 17 heavy (non-hydrogen) atoms. The van der Waals surface area contributed by atoms with Crippen LogP contribution in [0, 0.1) is 23.2 Å². The lowest BCUT2D eigenvalue weighted by Gasteiger charge is -2.05. The molecule has 0 radical (unpaired) electrons. The van der Waals surface area contributed by atoms with Gasteiger partial charge < -0.3 is 5.11 Å². The van der Waals surface area contributed by atoms with E-state index in [1.54, 1.807) is 0 Å². The Labute approximate surface area is 99.7 Å². The molecule has 0 spiro atoms. The molecule has 1 fully saturated rings. The average Bonchev–Trinajstić information content (AvgIpc) is 3.10. The summed E-state index contributed by atoms with van der Waals surface area (Å²) in [5.74, 6) is 4.46. The van der Waals surface area contributed by atoms with Crippen LogP contribution in [0.1, 0.15) is 30.4 Å². The summed E-state index contributed by atoms with van der Waals surface area (Å²) in [5, 5.41) is 17.6. The second kappa shape index (κ2) is 4.31. The molecular weight excluding hydrogens is 214 g/mol. The first-order chi connectivity index (χ1) is 8.16. The van der Waals surface area contributed by atoms with Gasteiger partial charge in [0.25, 0.3) is 0 Å². The van der Waals surface area contributed by atoms with Crippen molar-refractivity contribution in [3.8, 4) is 17.9 Å². The second-order valence-electron chi connectivity index (χ2n) is 4.15. The van der Waals surface area contributed by atoms with E-state index in [2.05, 4.69) is 17.9 Å². The second-order valence-corrected chi connectivity index (χ2v) is 4.15. The first kappa shape index (κ1) is 11.2. The Morgan fingerprint density at radius 3 is 2.82 bits per heavy atom. The molecule has 1 aliphatic carbocycles. The maximum atomic E-state index is 10.3. The highest BCUT2D eigenvalue weighted by Gasteiger charge is 2.44. The number of carbonyl (C=O) groups is 1. The number of aliphatic carboxylic acids is 1. The highest BCUT2D eigenvalue weighted by Crippen LogP contribution is 2.47. The third-order valence-corrected chi connectivity index (χ3v) is 2.85.